The van der Waals surface area contributed by atoms with Crippen LogP contribution in [-0.4, -0.2) is 11.5 Å². The van der Waals surface area contributed by atoms with Gasteiger partial charge in [-0.15, -0.1) is 0 Å². The van der Waals surface area contributed by atoms with Gasteiger partial charge in [-0.2, -0.15) is 0 Å². The standard InChI is InChI=1S/C28H26OS2/c1-3-9-26(10-4-1)31(27-11-5-2-6-12-27)28-19-15-24(16-20-28)29-23-13-17-25(18-14-23)30-21-7-8-22-30/h1-6,9-20H,7-8,21-22H2/q+2. The summed E-state index contributed by atoms with van der Waals surface area (Å²) in [5.41, 5.74) is 0. The van der Waals surface area contributed by atoms with Crippen LogP contribution in [-0.2, 0) is 21.8 Å². The Balaban J connectivity index is 1.35. The van der Waals surface area contributed by atoms with Crippen molar-refractivity contribution < 1.29 is 4.74 Å². The van der Waals surface area contributed by atoms with E-state index in [1.165, 1.54) is 43.9 Å². The highest BCUT2D eigenvalue weighted by Crippen LogP contribution is 2.33. The molecule has 0 radical (unpaired) electrons. The Hall–Kier alpha value is -2.62. The lowest BCUT2D eigenvalue weighted by Crippen LogP contribution is -2.04. The first-order valence-corrected chi connectivity index (χ1v) is 13.6. The van der Waals surface area contributed by atoms with E-state index in [1.54, 1.807) is 0 Å². The number of hydrogen-bond acceptors (Lipinski definition) is 1. The predicted octanol–water partition coefficient (Wildman–Crippen LogP) is 7.35. The van der Waals surface area contributed by atoms with E-state index in [1.807, 2.05) is 0 Å². The maximum atomic E-state index is 6.15. The van der Waals surface area contributed by atoms with Crippen LogP contribution in [0.25, 0.3) is 0 Å². The Morgan fingerprint density at radius 3 is 1.48 bits per heavy atom. The number of ether oxygens (including phenoxy) is 1. The molecular formula is C28H26OS2+2. The van der Waals surface area contributed by atoms with Crippen molar-refractivity contribution in [1.29, 1.82) is 0 Å². The highest BCUT2D eigenvalue weighted by atomic mass is 32.2. The lowest BCUT2D eigenvalue weighted by atomic mass is 10.3. The monoisotopic (exact) mass is 442 g/mol. The van der Waals surface area contributed by atoms with Crippen LogP contribution in [0, 0.1) is 0 Å². The summed E-state index contributed by atoms with van der Waals surface area (Å²) in [5, 5.41) is 0. The van der Waals surface area contributed by atoms with Gasteiger partial charge in [0.2, 0.25) is 0 Å². The van der Waals surface area contributed by atoms with Crippen LogP contribution in [0.15, 0.2) is 129 Å². The molecular weight excluding hydrogens is 416 g/mol. The molecule has 0 aliphatic carbocycles. The lowest BCUT2D eigenvalue weighted by Gasteiger charge is -2.10. The van der Waals surface area contributed by atoms with Crippen molar-refractivity contribution in [2.75, 3.05) is 11.5 Å². The van der Waals surface area contributed by atoms with Crippen molar-refractivity contribution in [2.24, 2.45) is 0 Å². The fourth-order valence-electron chi connectivity index (χ4n) is 3.89. The topological polar surface area (TPSA) is 9.23 Å². The Morgan fingerprint density at radius 1 is 0.516 bits per heavy atom. The van der Waals surface area contributed by atoms with E-state index in [0.29, 0.717) is 10.9 Å². The molecule has 0 aromatic heterocycles. The van der Waals surface area contributed by atoms with Crippen molar-refractivity contribution in [2.45, 2.75) is 32.4 Å². The van der Waals surface area contributed by atoms with E-state index in [2.05, 4.69) is 109 Å². The summed E-state index contributed by atoms with van der Waals surface area (Å²) >= 11 is 0. The average molecular weight is 443 g/mol. The second kappa shape index (κ2) is 9.67. The highest BCUT2D eigenvalue weighted by molar-refractivity contribution is 7.97. The quantitative estimate of drug-likeness (QED) is 0.284. The third-order valence-corrected chi connectivity index (χ3v) is 10.2. The van der Waals surface area contributed by atoms with Gasteiger partial charge in [-0.1, -0.05) is 36.4 Å². The molecule has 4 aromatic carbocycles. The smallest absolute Gasteiger partial charge is 0.166 e. The first kappa shape index (κ1) is 20.3. The van der Waals surface area contributed by atoms with E-state index in [9.17, 15) is 0 Å². The SMILES string of the molecule is c1ccc([S+](c2ccccc2)c2ccc(Oc3ccc([S+]4CCCC4)cc3)cc2)cc1. The maximum absolute atomic E-state index is 6.15. The molecule has 3 heteroatoms. The van der Waals surface area contributed by atoms with Gasteiger partial charge in [-0.3, -0.25) is 0 Å². The van der Waals surface area contributed by atoms with Gasteiger partial charge in [0.05, 0.1) is 10.9 Å². The molecule has 31 heavy (non-hydrogen) atoms. The third kappa shape index (κ3) is 4.84. The van der Waals surface area contributed by atoms with Crippen molar-refractivity contribution >= 4 is 21.8 Å². The molecule has 0 spiro atoms. The highest BCUT2D eigenvalue weighted by Gasteiger charge is 2.28. The summed E-state index contributed by atoms with van der Waals surface area (Å²) in [7, 11) is 0.326. The first-order chi connectivity index (χ1) is 15.4. The van der Waals surface area contributed by atoms with Crippen LogP contribution in [0.2, 0.25) is 0 Å². The molecule has 0 N–H and O–H groups in total. The predicted molar refractivity (Wildman–Crippen MR) is 133 cm³/mol. The maximum Gasteiger partial charge on any atom is 0.166 e. The molecule has 154 valence electrons. The Labute approximate surface area is 190 Å². The molecule has 1 fully saturated rings. The molecule has 0 saturated carbocycles. The summed E-state index contributed by atoms with van der Waals surface area (Å²) in [6.45, 7) is 0. The second-order valence-corrected chi connectivity index (χ2v) is 11.9. The molecule has 0 bridgehead atoms. The zero-order valence-corrected chi connectivity index (χ0v) is 19.1. The number of hydrogen-bond donors (Lipinski definition) is 0. The summed E-state index contributed by atoms with van der Waals surface area (Å²) in [6.07, 6.45) is 2.75. The molecule has 0 atom stereocenters. The fourth-order valence-corrected chi connectivity index (χ4v) is 8.28. The minimum absolute atomic E-state index is 0.129. The van der Waals surface area contributed by atoms with Crippen LogP contribution >= 0.6 is 0 Å². The first-order valence-electron chi connectivity index (χ1n) is 10.8. The van der Waals surface area contributed by atoms with Crippen molar-refractivity contribution in [1.82, 2.24) is 0 Å². The Bertz CT molecular complexity index is 1050. The zero-order valence-electron chi connectivity index (χ0n) is 17.4. The van der Waals surface area contributed by atoms with E-state index >= 15 is 0 Å². The van der Waals surface area contributed by atoms with Crippen LogP contribution in [0.1, 0.15) is 12.8 Å². The molecule has 1 heterocycles. The largest absolute Gasteiger partial charge is 0.457 e. The van der Waals surface area contributed by atoms with Gasteiger partial charge in [0.1, 0.15) is 23.0 Å². The van der Waals surface area contributed by atoms with Gasteiger partial charge in [-0.05, 0) is 85.6 Å². The summed E-state index contributed by atoms with van der Waals surface area (Å²) in [4.78, 5) is 5.42. The molecule has 0 amide bonds. The average Bonchev–Trinajstić information content (AvgIpc) is 3.37. The molecule has 1 saturated heterocycles. The van der Waals surface area contributed by atoms with Gasteiger partial charge >= 0.3 is 0 Å². The van der Waals surface area contributed by atoms with Crippen LogP contribution in [0.4, 0.5) is 0 Å². The fraction of sp³-hybridized carbons (Fsp3) is 0.143. The second-order valence-electron chi connectivity index (χ2n) is 7.59. The summed E-state index contributed by atoms with van der Waals surface area (Å²) in [6, 6.07) is 38.8. The molecule has 5 rings (SSSR count). The molecule has 1 nitrogen and oxygen atoms in total. The molecule has 4 aromatic rings. The summed E-state index contributed by atoms with van der Waals surface area (Å²) < 4.78 is 6.15. The summed E-state index contributed by atoms with van der Waals surface area (Å²) in [5.74, 6) is 4.49. The van der Waals surface area contributed by atoms with Crippen molar-refractivity contribution in [3.05, 3.63) is 109 Å². The minimum atomic E-state index is -0.129. The van der Waals surface area contributed by atoms with E-state index in [4.69, 9.17) is 4.74 Å². The minimum Gasteiger partial charge on any atom is -0.457 e. The van der Waals surface area contributed by atoms with E-state index in [0.717, 1.165) is 11.5 Å². The zero-order chi connectivity index (χ0) is 20.9. The van der Waals surface area contributed by atoms with Gasteiger partial charge in [0, 0.05) is 10.9 Å². The van der Waals surface area contributed by atoms with Gasteiger partial charge < -0.3 is 4.74 Å². The molecule has 0 unspecified atom stereocenters. The van der Waals surface area contributed by atoms with Gasteiger partial charge in [0.25, 0.3) is 0 Å². The Kier molecular flexibility index (Phi) is 6.33. The van der Waals surface area contributed by atoms with Crippen LogP contribution in [0.5, 0.6) is 11.5 Å². The lowest BCUT2D eigenvalue weighted by molar-refractivity contribution is 0.482. The molecule has 1 aliphatic heterocycles. The van der Waals surface area contributed by atoms with Gasteiger partial charge in [0.15, 0.2) is 19.6 Å². The number of benzene rings is 4. The molecule has 1 aliphatic rings. The third-order valence-electron chi connectivity index (χ3n) is 5.44. The Morgan fingerprint density at radius 2 is 0.968 bits per heavy atom. The van der Waals surface area contributed by atoms with Crippen molar-refractivity contribution in [3.8, 4) is 11.5 Å². The number of rotatable bonds is 6. The van der Waals surface area contributed by atoms with Crippen LogP contribution < -0.4 is 4.74 Å². The van der Waals surface area contributed by atoms with E-state index < -0.39 is 0 Å². The van der Waals surface area contributed by atoms with E-state index in [-0.39, 0.29) is 10.9 Å². The van der Waals surface area contributed by atoms with Crippen molar-refractivity contribution in [3.63, 3.8) is 0 Å². The van der Waals surface area contributed by atoms with Gasteiger partial charge in [-0.25, -0.2) is 0 Å². The normalized spacial score (nSPS) is 14.1. The van der Waals surface area contributed by atoms with Crippen LogP contribution in [0.3, 0.4) is 0 Å².